The highest BCUT2D eigenvalue weighted by Crippen LogP contribution is 2.24. The molecule has 0 aromatic heterocycles. The van der Waals surface area contributed by atoms with E-state index >= 15 is 0 Å². The molecular weight excluding hydrogens is 350 g/mol. The number of rotatable bonds is 5. The van der Waals surface area contributed by atoms with Gasteiger partial charge in [0.05, 0.1) is 19.2 Å². The number of carbonyl (C=O) groups excluding carboxylic acids is 1. The Kier molecular flexibility index (Phi) is 5.94. The molecule has 1 N–H and O–H groups in total. The molecule has 1 atom stereocenters. The number of hydrogen-bond acceptors (Lipinski definition) is 3. The maximum absolute atomic E-state index is 14.2. The van der Waals surface area contributed by atoms with Crippen LogP contribution in [0.15, 0.2) is 36.4 Å². The van der Waals surface area contributed by atoms with Crippen LogP contribution in [0.4, 0.5) is 14.5 Å². The molecule has 27 heavy (non-hydrogen) atoms. The number of halogens is 2. The van der Waals surface area contributed by atoms with E-state index < -0.39 is 5.82 Å². The zero-order valence-corrected chi connectivity index (χ0v) is 15.6. The number of aryl methyl sites for hydroxylation is 1. The molecule has 144 valence electrons. The van der Waals surface area contributed by atoms with Crippen molar-refractivity contribution in [3.05, 3.63) is 59.2 Å². The standard InChI is InChI=1S/C21H24F2N2O2/c1-14-5-7-17(22)19(10-14)25-9-3-4-16(13-25)24-21(26)12-15-6-8-20(27-2)18(23)11-15/h5-8,10-11,16H,3-4,9,12-13H2,1-2H3,(H,24,26). The van der Waals surface area contributed by atoms with Crippen molar-refractivity contribution in [3.63, 3.8) is 0 Å². The van der Waals surface area contributed by atoms with E-state index in [1.165, 1.54) is 25.3 Å². The molecule has 2 aromatic rings. The number of nitrogens with one attached hydrogen (secondary N) is 1. The van der Waals surface area contributed by atoms with Crippen LogP contribution in [0, 0.1) is 18.6 Å². The number of anilines is 1. The van der Waals surface area contributed by atoms with Crippen LogP contribution in [0.2, 0.25) is 0 Å². The summed E-state index contributed by atoms with van der Waals surface area (Å²) >= 11 is 0. The van der Waals surface area contributed by atoms with Crippen molar-refractivity contribution in [1.29, 1.82) is 0 Å². The summed E-state index contributed by atoms with van der Waals surface area (Å²) < 4.78 is 32.8. The maximum Gasteiger partial charge on any atom is 0.224 e. The second-order valence-corrected chi connectivity index (χ2v) is 6.95. The highest BCUT2D eigenvalue weighted by molar-refractivity contribution is 5.79. The number of ether oxygens (including phenoxy) is 1. The minimum absolute atomic E-state index is 0.0609. The lowest BCUT2D eigenvalue weighted by Crippen LogP contribution is -2.48. The second-order valence-electron chi connectivity index (χ2n) is 6.95. The first-order chi connectivity index (χ1) is 13.0. The van der Waals surface area contributed by atoms with Crippen LogP contribution in [0.3, 0.4) is 0 Å². The number of benzene rings is 2. The second kappa shape index (κ2) is 8.37. The summed E-state index contributed by atoms with van der Waals surface area (Å²) in [6.07, 6.45) is 1.80. The molecule has 1 aliphatic rings. The van der Waals surface area contributed by atoms with Crippen LogP contribution < -0.4 is 15.0 Å². The third kappa shape index (κ3) is 4.76. The molecule has 3 rings (SSSR count). The van der Waals surface area contributed by atoms with Crippen LogP contribution in [0.1, 0.15) is 24.0 Å². The normalized spacial score (nSPS) is 16.9. The number of nitrogens with zero attached hydrogens (tertiary/aromatic N) is 1. The monoisotopic (exact) mass is 374 g/mol. The molecule has 1 fully saturated rings. The van der Waals surface area contributed by atoms with Gasteiger partial charge in [0.25, 0.3) is 0 Å². The van der Waals surface area contributed by atoms with Crippen molar-refractivity contribution < 1.29 is 18.3 Å². The van der Waals surface area contributed by atoms with E-state index in [4.69, 9.17) is 4.74 Å². The zero-order valence-electron chi connectivity index (χ0n) is 15.6. The fourth-order valence-electron chi connectivity index (χ4n) is 3.46. The highest BCUT2D eigenvalue weighted by atomic mass is 19.1. The van der Waals surface area contributed by atoms with Crippen molar-refractivity contribution in [2.24, 2.45) is 0 Å². The average Bonchev–Trinajstić information content (AvgIpc) is 2.64. The molecule has 6 heteroatoms. The number of hydrogen-bond donors (Lipinski definition) is 1. The molecule has 2 aromatic carbocycles. The number of carbonyl (C=O) groups is 1. The lowest BCUT2D eigenvalue weighted by molar-refractivity contribution is -0.121. The van der Waals surface area contributed by atoms with E-state index in [0.717, 1.165) is 24.9 Å². The lowest BCUT2D eigenvalue weighted by atomic mass is 10.0. The van der Waals surface area contributed by atoms with Crippen LogP contribution in [0.25, 0.3) is 0 Å². The van der Waals surface area contributed by atoms with E-state index in [1.54, 1.807) is 12.1 Å². The predicted molar refractivity (Wildman–Crippen MR) is 101 cm³/mol. The fraction of sp³-hybridized carbons (Fsp3) is 0.381. The van der Waals surface area contributed by atoms with Gasteiger partial charge in [-0.3, -0.25) is 4.79 Å². The highest BCUT2D eigenvalue weighted by Gasteiger charge is 2.23. The van der Waals surface area contributed by atoms with E-state index in [0.29, 0.717) is 17.8 Å². The Labute approximate surface area is 158 Å². The quantitative estimate of drug-likeness (QED) is 0.869. The largest absolute Gasteiger partial charge is 0.494 e. The molecule has 1 unspecified atom stereocenters. The summed E-state index contributed by atoms with van der Waals surface area (Å²) in [4.78, 5) is 14.3. The van der Waals surface area contributed by atoms with E-state index in [-0.39, 0.29) is 29.9 Å². The third-order valence-corrected chi connectivity index (χ3v) is 4.81. The van der Waals surface area contributed by atoms with Gasteiger partial charge in [-0.15, -0.1) is 0 Å². The van der Waals surface area contributed by atoms with Gasteiger partial charge in [0.1, 0.15) is 5.82 Å². The Morgan fingerprint density at radius 2 is 2.04 bits per heavy atom. The van der Waals surface area contributed by atoms with Crippen molar-refractivity contribution in [1.82, 2.24) is 5.32 Å². The van der Waals surface area contributed by atoms with E-state index in [1.807, 2.05) is 17.9 Å². The SMILES string of the molecule is COc1ccc(CC(=O)NC2CCCN(c3cc(C)ccc3F)C2)cc1F. The van der Waals surface area contributed by atoms with Gasteiger partial charge in [0.2, 0.25) is 5.91 Å². The van der Waals surface area contributed by atoms with Crippen molar-refractivity contribution in [3.8, 4) is 5.75 Å². The maximum atomic E-state index is 14.2. The molecule has 1 saturated heterocycles. The summed E-state index contributed by atoms with van der Waals surface area (Å²) in [5, 5.41) is 2.99. The Hall–Kier alpha value is -2.63. The molecule has 1 amide bonds. The summed E-state index contributed by atoms with van der Waals surface area (Å²) in [6.45, 7) is 3.25. The molecule has 0 saturated carbocycles. The van der Waals surface area contributed by atoms with Crippen LogP contribution in [-0.4, -0.2) is 32.1 Å². The summed E-state index contributed by atoms with van der Waals surface area (Å²) in [5.41, 5.74) is 2.16. The van der Waals surface area contributed by atoms with E-state index in [9.17, 15) is 13.6 Å². The van der Waals surface area contributed by atoms with Crippen LogP contribution in [0.5, 0.6) is 5.75 Å². The fourth-order valence-corrected chi connectivity index (χ4v) is 3.46. The molecule has 0 spiro atoms. The Morgan fingerprint density at radius 1 is 1.22 bits per heavy atom. The van der Waals surface area contributed by atoms with Gasteiger partial charge in [-0.1, -0.05) is 12.1 Å². The Balaban J connectivity index is 1.61. The van der Waals surface area contributed by atoms with Crippen LogP contribution in [-0.2, 0) is 11.2 Å². The number of piperidine rings is 1. The smallest absolute Gasteiger partial charge is 0.224 e. The van der Waals surface area contributed by atoms with E-state index in [2.05, 4.69) is 5.32 Å². The molecular formula is C21H24F2N2O2. The minimum Gasteiger partial charge on any atom is -0.494 e. The number of amides is 1. The van der Waals surface area contributed by atoms with Gasteiger partial charge < -0.3 is 15.0 Å². The molecule has 0 radical (unpaired) electrons. The Morgan fingerprint density at radius 3 is 2.78 bits per heavy atom. The topological polar surface area (TPSA) is 41.6 Å². The van der Waals surface area contributed by atoms with Gasteiger partial charge >= 0.3 is 0 Å². The molecule has 0 aliphatic carbocycles. The van der Waals surface area contributed by atoms with Gasteiger partial charge in [-0.05, 0) is 55.2 Å². The first kappa shape index (κ1) is 19.1. The van der Waals surface area contributed by atoms with Gasteiger partial charge in [-0.25, -0.2) is 8.78 Å². The number of methoxy groups -OCH3 is 1. The van der Waals surface area contributed by atoms with Gasteiger partial charge in [0.15, 0.2) is 11.6 Å². The van der Waals surface area contributed by atoms with Crippen molar-refractivity contribution >= 4 is 11.6 Å². The van der Waals surface area contributed by atoms with Gasteiger partial charge in [0, 0.05) is 19.1 Å². The third-order valence-electron chi connectivity index (χ3n) is 4.81. The summed E-state index contributed by atoms with van der Waals surface area (Å²) in [7, 11) is 1.40. The first-order valence-electron chi connectivity index (χ1n) is 9.09. The molecule has 1 aliphatic heterocycles. The predicted octanol–water partition coefficient (Wildman–Crippen LogP) is 3.61. The molecule has 4 nitrogen and oxygen atoms in total. The van der Waals surface area contributed by atoms with Crippen molar-refractivity contribution in [2.75, 3.05) is 25.1 Å². The average molecular weight is 374 g/mol. The summed E-state index contributed by atoms with van der Waals surface area (Å²) in [5.74, 6) is -0.749. The first-order valence-corrected chi connectivity index (χ1v) is 9.09. The van der Waals surface area contributed by atoms with Crippen LogP contribution >= 0.6 is 0 Å². The summed E-state index contributed by atoms with van der Waals surface area (Å²) in [6, 6.07) is 9.50. The van der Waals surface area contributed by atoms with Crippen molar-refractivity contribution in [2.45, 2.75) is 32.2 Å². The van der Waals surface area contributed by atoms with Gasteiger partial charge in [-0.2, -0.15) is 0 Å². The lowest BCUT2D eigenvalue weighted by Gasteiger charge is -2.35. The molecule has 1 heterocycles. The zero-order chi connectivity index (χ0) is 19.4. The molecule has 0 bridgehead atoms. The minimum atomic E-state index is -0.485. The Bertz CT molecular complexity index is 826.